The smallest absolute Gasteiger partial charge is 0.310 e. The van der Waals surface area contributed by atoms with Crippen LogP contribution in [0.3, 0.4) is 0 Å². The van der Waals surface area contributed by atoms with Gasteiger partial charge >= 0.3 is 5.69 Å². The van der Waals surface area contributed by atoms with Crippen LogP contribution in [-0.4, -0.2) is 32.4 Å². The maximum absolute atomic E-state index is 12.8. The molecule has 1 saturated heterocycles. The number of carbonyl (C=O) groups is 1. The van der Waals surface area contributed by atoms with Crippen LogP contribution in [0.1, 0.15) is 40.7 Å². The molecule has 1 aliphatic heterocycles. The molecule has 3 rings (SSSR count). The Morgan fingerprint density at radius 1 is 1.43 bits per heavy atom. The summed E-state index contributed by atoms with van der Waals surface area (Å²) in [6, 6.07) is 3.63. The lowest BCUT2D eigenvalue weighted by molar-refractivity contribution is -0.385. The molecule has 0 unspecified atom stereocenters. The van der Waals surface area contributed by atoms with Crippen LogP contribution in [0, 0.1) is 10.1 Å². The van der Waals surface area contributed by atoms with E-state index in [1.807, 2.05) is 5.38 Å². The van der Waals surface area contributed by atoms with Gasteiger partial charge in [-0.05, 0) is 31.4 Å². The number of phenols is 1. The number of rotatable bonds is 3. The number of hydrogen-bond acceptors (Lipinski definition) is 6. The molecule has 1 N–H and O–H groups in total. The molecule has 2 aromatic rings. The molecule has 0 radical (unpaired) electrons. The lowest BCUT2D eigenvalue weighted by atomic mass is 10.0. The number of thiazole rings is 1. The molecule has 0 bridgehead atoms. The Bertz CT molecular complexity index is 732. The third kappa shape index (κ3) is 3.02. The SMILES string of the molecule is O=C(c1ccc([N+](=O)[O-])c(O)c1)N1CCCC[C@@H]1c1nccs1. The highest BCUT2D eigenvalue weighted by molar-refractivity contribution is 7.09. The Balaban J connectivity index is 1.89. The van der Waals surface area contributed by atoms with E-state index in [-0.39, 0.29) is 17.5 Å². The summed E-state index contributed by atoms with van der Waals surface area (Å²) >= 11 is 1.51. The van der Waals surface area contributed by atoms with Crippen molar-refractivity contribution < 1.29 is 14.8 Å². The summed E-state index contributed by atoms with van der Waals surface area (Å²) in [4.78, 5) is 28.9. The molecule has 1 aromatic heterocycles. The summed E-state index contributed by atoms with van der Waals surface area (Å²) in [6.07, 6.45) is 4.50. The second-order valence-electron chi connectivity index (χ2n) is 5.34. The number of aromatic nitrogens is 1. The van der Waals surface area contributed by atoms with E-state index in [1.54, 1.807) is 11.1 Å². The Hall–Kier alpha value is -2.48. The van der Waals surface area contributed by atoms with E-state index < -0.39 is 16.4 Å². The lowest BCUT2D eigenvalue weighted by Gasteiger charge is -2.34. The number of nitrogens with zero attached hydrogens (tertiary/aromatic N) is 3. The lowest BCUT2D eigenvalue weighted by Crippen LogP contribution is -2.38. The number of phenolic OH excluding ortho intramolecular Hbond substituents is 1. The van der Waals surface area contributed by atoms with Gasteiger partial charge in [-0.25, -0.2) is 4.98 Å². The van der Waals surface area contributed by atoms with Crippen molar-refractivity contribution in [2.24, 2.45) is 0 Å². The molecule has 1 aromatic carbocycles. The minimum atomic E-state index is -0.678. The Kier molecular flexibility index (Phi) is 4.24. The number of likely N-dealkylation sites (tertiary alicyclic amines) is 1. The minimum Gasteiger partial charge on any atom is -0.502 e. The van der Waals surface area contributed by atoms with Crippen LogP contribution in [0.15, 0.2) is 29.8 Å². The predicted molar refractivity (Wildman–Crippen MR) is 84.5 cm³/mol. The van der Waals surface area contributed by atoms with Crippen LogP contribution in [-0.2, 0) is 0 Å². The summed E-state index contributed by atoms with van der Waals surface area (Å²) in [5, 5.41) is 23.3. The van der Waals surface area contributed by atoms with Gasteiger partial charge in [-0.15, -0.1) is 11.3 Å². The Morgan fingerprint density at radius 3 is 2.91 bits per heavy atom. The van der Waals surface area contributed by atoms with Gasteiger partial charge in [-0.1, -0.05) is 0 Å². The zero-order valence-electron chi connectivity index (χ0n) is 12.2. The van der Waals surface area contributed by atoms with Gasteiger partial charge in [0.1, 0.15) is 5.01 Å². The van der Waals surface area contributed by atoms with Crippen molar-refractivity contribution in [2.75, 3.05) is 6.54 Å². The normalized spacial score (nSPS) is 17.9. The van der Waals surface area contributed by atoms with Crippen LogP contribution < -0.4 is 0 Å². The molecule has 8 heteroatoms. The van der Waals surface area contributed by atoms with Crippen molar-refractivity contribution in [3.63, 3.8) is 0 Å². The van der Waals surface area contributed by atoms with Gasteiger partial charge in [0, 0.05) is 29.8 Å². The first-order valence-electron chi connectivity index (χ1n) is 7.25. The van der Waals surface area contributed by atoms with Crippen molar-refractivity contribution in [1.29, 1.82) is 0 Å². The van der Waals surface area contributed by atoms with Gasteiger partial charge in [0.05, 0.1) is 11.0 Å². The van der Waals surface area contributed by atoms with Gasteiger partial charge in [-0.3, -0.25) is 14.9 Å². The molecule has 120 valence electrons. The van der Waals surface area contributed by atoms with E-state index in [9.17, 15) is 20.0 Å². The molecular formula is C15H15N3O4S. The van der Waals surface area contributed by atoms with Crippen LogP contribution in [0.25, 0.3) is 0 Å². The topological polar surface area (TPSA) is 96.6 Å². The molecule has 0 spiro atoms. The molecule has 1 atom stereocenters. The minimum absolute atomic E-state index is 0.0754. The summed E-state index contributed by atoms with van der Waals surface area (Å²) < 4.78 is 0. The third-order valence-corrected chi connectivity index (χ3v) is 4.80. The zero-order valence-corrected chi connectivity index (χ0v) is 13.0. The molecule has 0 aliphatic carbocycles. The monoisotopic (exact) mass is 333 g/mol. The van der Waals surface area contributed by atoms with Crippen LogP contribution in [0.2, 0.25) is 0 Å². The Morgan fingerprint density at radius 2 is 2.26 bits per heavy atom. The standard InChI is InChI=1S/C15H15N3O4S/c19-13-9-10(4-5-11(13)18(21)22)15(20)17-7-2-1-3-12(17)14-16-6-8-23-14/h4-6,8-9,12,19H,1-3,7H2/t12-/m1/s1. The zero-order chi connectivity index (χ0) is 16.4. The van der Waals surface area contributed by atoms with Gasteiger partial charge < -0.3 is 10.0 Å². The maximum Gasteiger partial charge on any atom is 0.310 e. The maximum atomic E-state index is 12.8. The predicted octanol–water partition coefficient (Wildman–Crippen LogP) is 3.12. The summed E-state index contributed by atoms with van der Waals surface area (Å²) in [5.74, 6) is -0.737. The van der Waals surface area contributed by atoms with Crippen molar-refractivity contribution in [3.8, 4) is 5.75 Å². The number of aromatic hydroxyl groups is 1. The van der Waals surface area contributed by atoms with E-state index >= 15 is 0 Å². The van der Waals surface area contributed by atoms with Crippen molar-refractivity contribution in [2.45, 2.75) is 25.3 Å². The average molecular weight is 333 g/mol. The van der Waals surface area contributed by atoms with Gasteiger partial charge in [-0.2, -0.15) is 0 Å². The first kappa shape index (κ1) is 15.4. The van der Waals surface area contributed by atoms with Crippen LogP contribution >= 0.6 is 11.3 Å². The average Bonchev–Trinajstić information content (AvgIpc) is 3.08. The quantitative estimate of drug-likeness (QED) is 0.687. The Labute approximate surface area is 136 Å². The number of amides is 1. The number of carbonyl (C=O) groups excluding carboxylic acids is 1. The molecule has 2 heterocycles. The van der Waals surface area contributed by atoms with Gasteiger partial charge in [0.15, 0.2) is 5.75 Å². The largest absolute Gasteiger partial charge is 0.502 e. The van der Waals surface area contributed by atoms with E-state index in [1.165, 1.54) is 17.4 Å². The number of benzene rings is 1. The molecule has 7 nitrogen and oxygen atoms in total. The second-order valence-corrected chi connectivity index (χ2v) is 6.27. The molecular weight excluding hydrogens is 318 g/mol. The van der Waals surface area contributed by atoms with Crippen LogP contribution in [0.5, 0.6) is 5.75 Å². The fourth-order valence-corrected chi connectivity index (χ4v) is 3.59. The first-order valence-corrected chi connectivity index (χ1v) is 8.13. The second kappa shape index (κ2) is 6.33. The van der Waals surface area contributed by atoms with Crippen LogP contribution in [0.4, 0.5) is 5.69 Å². The highest BCUT2D eigenvalue weighted by atomic mass is 32.1. The molecule has 1 fully saturated rings. The first-order chi connectivity index (χ1) is 11.1. The molecule has 23 heavy (non-hydrogen) atoms. The van der Waals surface area contributed by atoms with E-state index in [0.29, 0.717) is 6.54 Å². The number of nitro benzene ring substituents is 1. The number of piperidine rings is 1. The highest BCUT2D eigenvalue weighted by Gasteiger charge is 2.31. The molecule has 1 aliphatic rings. The molecule has 0 saturated carbocycles. The van der Waals surface area contributed by atoms with E-state index in [4.69, 9.17) is 0 Å². The van der Waals surface area contributed by atoms with Crippen molar-refractivity contribution in [1.82, 2.24) is 9.88 Å². The number of hydrogen-bond donors (Lipinski definition) is 1. The molecule has 1 amide bonds. The van der Waals surface area contributed by atoms with E-state index in [2.05, 4.69) is 4.98 Å². The van der Waals surface area contributed by atoms with Crippen molar-refractivity contribution >= 4 is 22.9 Å². The van der Waals surface area contributed by atoms with Crippen molar-refractivity contribution in [3.05, 3.63) is 50.5 Å². The van der Waals surface area contributed by atoms with Gasteiger partial charge in [0.25, 0.3) is 5.91 Å². The van der Waals surface area contributed by atoms with E-state index in [0.717, 1.165) is 36.4 Å². The highest BCUT2D eigenvalue weighted by Crippen LogP contribution is 2.34. The summed E-state index contributed by atoms with van der Waals surface area (Å²) in [5.41, 5.74) is -0.159. The summed E-state index contributed by atoms with van der Waals surface area (Å²) in [6.45, 7) is 0.612. The summed E-state index contributed by atoms with van der Waals surface area (Å²) in [7, 11) is 0. The fourth-order valence-electron chi connectivity index (χ4n) is 2.81. The van der Waals surface area contributed by atoms with Gasteiger partial charge in [0.2, 0.25) is 0 Å². The number of nitro groups is 1. The third-order valence-electron chi connectivity index (χ3n) is 3.92. The fraction of sp³-hybridized carbons (Fsp3) is 0.333.